The highest BCUT2D eigenvalue weighted by Crippen LogP contribution is 2.18. The fourth-order valence-electron chi connectivity index (χ4n) is 3.29. The number of carboxylic acids is 1. The SMILES string of the molecule is CCCc1cccc(CN2CCC(N(C)CC(=O)O)CC2)c1. The van der Waals surface area contributed by atoms with Crippen molar-refractivity contribution in [2.75, 3.05) is 26.7 Å². The molecule has 0 aliphatic carbocycles. The topological polar surface area (TPSA) is 43.8 Å². The van der Waals surface area contributed by atoms with E-state index in [1.807, 2.05) is 11.9 Å². The number of aryl methyl sites for hydroxylation is 1. The fraction of sp³-hybridized carbons (Fsp3) is 0.611. The third kappa shape index (κ3) is 5.11. The van der Waals surface area contributed by atoms with E-state index in [1.165, 1.54) is 17.5 Å². The lowest BCUT2D eigenvalue weighted by Crippen LogP contribution is -2.44. The fourth-order valence-corrected chi connectivity index (χ4v) is 3.29. The van der Waals surface area contributed by atoms with Gasteiger partial charge in [-0.25, -0.2) is 0 Å². The van der Waals surface area contributed by atoms with Crippen molar-refractivity contribution >= 4 is 5.97 Å². The van der Waals surface area contributed by atoms with E-state index >= 15 is 0 Å². The Hall–Kier alpha value is -1.39. The standard InChI is InChI=1S/C18H28N2O2/c1-3-5-15-6-4-7-16(12-15)13-20-10-8-17(9-11-20)19(2)14-18(21)22/h4,6-7,12,17H,3,5,8-11,13-14H2,1-2H3,(H,21,22). The summed E-state index contributed by atoms with van der Waals surface area (Å²) in [6, 6.07) is 9.31. The van der Waals surface area contributed by atoms with Crippen LogP contribution in [0.15, 0.2) is 24.3 Å². The number of hydrogen-bond donors (Lipinski definition) is 1. The number of piperidine rings is 1. The van der Waals surface area contributed by atoms with Crippen molar-refractivity contribution in [3.8, 4) is 0 Å². The van der Waals surface area contributed by atoms with E-state index in [9.17, 15) is 4.79 Å². The molecule has 1 heterocycles. The maximum Gasteiger partial charge on any atom is 0.317 e. The second kappa shape index (κ2) is 8.30. The number of hydrogen-bond acceptors (Lipinski definition) is 3. The third-order valence-corrected chi connectivity index (χ3v) is 4.50. The minimum Gasteiger partial charge on any atom is -0.480 e. The van der Waals surface area contributed by atoms with Gasteiger partial charge in [-0.1, -0.05) is 37.6 Å². The van der Waals surface area contributed by atoms with Crippen LogP contribution in [0, 0.1) is 0 Å². The predicted octanol–water partition coefficient (Wildman–Crippen LogP) is 2.62. The molecule has 1 aliphatic rings. The molecule has 0 radical (unpaired) electrons. The van der Waals surface area contributed by atoms with Crippen LogP contribution in [-0.2, 0) is 17.8 Å². The van der Waals surface area contributed by atoms with Crippen LogP contribution in [0.4, 0.5) is 0 Å². The predicted molar refractivity (Wildman–Crippen MR) is 89.0 cm³/mol. The van der Waals surface area contributed by atoms with Crippen LogP contribution in [-0.4, -0.2) is 53.6 Å². The summed E-state index contributed by atoms with van der Waals surface area (Å²) in [6.45, 7) is 5.46. The minimum absolute atomic E-state index is 0.143. The van der Waals surface area contributed by atoms with Gasteiger partial charge in [0, 0.05) is 12.6 Å². The summed E-state index contributed by atoms with van der Waals surface area (Å²) < 4.78 is 0. The second-order valence-corrected chi connectivity index (χ2v) is 6.39. The summed E-state index contributed by atoms with van der Waals surface area (Å²) >= 11 is 0. The summed E-state index contributed by atoms with van der Waals surface area (Å²) in [5.41, 5.74) is 2.82. The smallest absolute Gasteiger partial charge is 0.317 e. The van der Waals surface area contributed by atoms with Gasteiger partial charge in [0.15, 0.2) is 0 Å². The maximum atomic E-state index is 10.8. The van der Waals surface area contributed by atoms with Crippen LogP contribution in [0.3, 0.4) is 0 Å². The molecule has 4 heteroatoms. The van der Waals surface area contributed by atoms with Gasteiger partial charge in [-0.15, -0.1) is 0 Å². The van der Waals surface area contributed by atoms with E-state index < -0.39 is 5.97 Å². The summed E-state index contributed by atoms with van der Waals surface area (Å²) in [6.07, 6.45) is 4.44. The number of likely N-dealkylation sites (N-methyl/N-ethyl adjacent to an activating group) is 1. The monoisotopic (exact) mass is 304 g/mol. The van der Waals surface area contributed by atoms with Crippen molar-refractivity contribution < 1.29 is 9.90 Å². The van der Waals surface area contributed by atoms with Gasteiger partial charge >= 0.3 is 5.97 Å². The Bertz CT molecular complexity index is 482. The van der Waals surface area contributed by atoms with Crippen LogP contribution >= 0.6 is 0 Å². The minimum atomic E-state index is -0.738. The highest BCUT2D eigenvalue weighted by molar-refractivity contribution is 5.69. The molecule has 4 nitrogen and oxygen atoms in total. The molecule has 1 aromatic rings. The van der Waals surface area contributed by atoms with E-state index in [2.05, 4.69) is 36.1 Å². The quantitative estimate of drug-likeness (QED) is 0.841. The molecule has 1 fully saturated rings. The van der Waals surface area contributed by atoms with Crippen LogP contribution in [0.25, 0.3) is 0 Å². The highest BCUT2D eigenvalue weighted by atomic mass is 16.4. The van der Waals surface area contributed by atoms with Crippen molar-refractivity contribution in [3.63, 3.8) is 0 Å². The van der Waals surface area contributed by atoms with Gasteiger partial charge in [0.1, 0.15) is 0 Å². The molecule has 0 spiro atoms. The van der Waals surface area contributed by atoms with Gasteiger partial charge in [0.25, 0.3) is 0 Å². The molecule has 1 aromatic carbocycles. The lowest BCUT2D eigenvalue weighted by Gasteiger charge is -2.36. The Labute approximate surface area is 133 Å². The van der Waals surface area contributed by atoms with E-state index in [0.717, 1.165) is 38.9 Å². The first-order valence-electron chi connectivity index (χ1n) is 8.30. The molecule has 0 unspecified atom stereocenters. The lowest BCUT2D eigenvalue weighted by molar-refractivity contribution is -0.138. The summed E-state index contributed by atoms with van der Waals surface area (Å²) in [7, 11) is 1.92. The first-order valence-corrected chi connectivity index (χ1v) is 8.30. The van der Waals surface area contributed by atoms with Crippen LogP contribution in [0.1, 0.15) is 37.3 Å². The molecule has 1 saturated heterocycles. The largest absolute Gasteiger partial charge is 0.480 e. The molecular formula is C18H28N2O2. The van der Waals surface area contributed by atoms with E-state index in [1.54, 1.807) is 0 Å². The van der Waals surface area contributed by atoms with Crippen LogP contribution in [0.2, 0.25) is 0 Å². The number of likely N-dealkylation sites (tertiary alicyclic amines) is 1. The molecule has 0 saturated carbocycles. The van der Waals surface area contributed by atoms with Crippen LogP contribution < -0.4 is 0 Å². The maximum absolute atomic E-state index is 10.8. The van der Waals surface area contributed by atoms with Gasteiger partial charge in [0.2, 0.25) is 0 Å². The van der Waals surface area contributed by atoms with Crippen molar-refractivity contribution in [1.82, 2.24) is 9.80 Å². The molecule has 1 aliphatic heterocycles. The molecule has 0 atom stereocenters. The molecule has 2 rings (SSSR count). The highest BCUT2D eigenvalue weighted by Gasteiger charge is 2.23. The number of nitrogens with zero attached hydrogens (tertiary/aromatic N) is 2. The van der Waals surface area contributed by atoms with Gasteiger partial charge in [-0.05, 0) is 50.5 Å². The van der Waals surface area contributed by atoms with Crippen molar-refractivity contribution in [2.24, 2.45) is 0 Å². The Kier molecular flexibility index (Phi) is 6.40. The first kappa shape index (κ1) is 17.0. The summed E-state index contributed by atoms with van der Waals surface area (Å²) in [5.74, 6) is -0.738. The summed E-state index contributed by atoms with van der Waals surface area (Å²) in [5, 5.41) is 8.88. The number of carbonyl (C=O) groups is 1. The molecule has 0 amide bonds. The van der Waals surface area contributed by atoms with E-state index in [-0.39, 0.29) is 6.54 Å². The Morgan fingerprint density at radius 2 is 2.00 bits per heavy atom. The van der Waals surface area contributed by atoms with Crippen molar-refractivity contribution in [3.05, 3.63) is 35.4 Å². The molecule has 0 aromatic heterocycles. The molecular weight excluding hydrogens is 276 g/mol. The average molecular weight is 304 g/mol. The number of carboxylic acid groups (broad SMARTS) is 1. The van der Waals surface area contributed by atoms with Crippen molar-refractivity contribution in [2.45, 2.75) is 45.2 Å². The molecule has 1 N–H and O–H groups in total. The van der Waals surface area contributed by atoms with E-state index in [0.29, 0.717) is 6.04 Å². The Morgan fingerprint density at radius 3 is 2.64 bits per heavy atom. The summed E-state index contributed by atoms with van der Waals surface area (Å²) in [4.78, 5) is 15.2. The normalized spacial score (nSPS) is 17.0. The van der Waals surface area contributed by atoms with Gasteiger partial charge in [-0.2, -0.15) is 0 Å². The number of rotatable bonds is 7. The number of benzene rings is 1. The third-order valence-electron chi connectivity index (χ3n) is 4.50. The van der Waals surface area contributed by atoms with Gasteiger partial charge in [0.05, 0.1) is 6.54 Å². The van der Waals surface area contributed by atoms with Crippen molar-refractivity contribution in [1.29, 1.82) is 0 Å². The lowest BCUT2D eigenvalue weighted by atomic mass is 10.0. The van der Waals surface area contributed by atoms with Gasteiger partial charge < -0.3 is 5.11 Å². The number of aliphatic carboxylic acids is 1. The Balaban J connectivity index is 1.82. The molecule has 0 bridgehead atoms. The molecule has 22 heavy (non-hydrogen) atoms. The molecule has 122 valence electrons. The Morgan fingerprint density at radius 1 is 1.32 bits per heavy atom. The first-order chi connectivity index (χ1) is 10.6. The zero-order valence-corrected chi connectivity index (χ0v) is 13.8. The zero-order valence-electron chi connectivity index (χ0n) is 13.8. The van der Waals surface area contributed by atoms with E-state index in [4.69, 9.17) is 5.11 Å². The van der Waals surface area contributed by atoms with Gasteiger partial charge in [-0.3, -0.25) is 14.6 Å². The average Bonchev–Trinajstić information content (AvgIpc) is 2.48. The zero-order chi connectivity index (χ0) is 15.9. The van der Waals surface area contributed by atoms with Crippen LogP contribution in [0.5, 0.6) is 0 Å². The second-order valence-electron chi connectivity index (χ2n) is 6.39.